The SMILES string of the molecule is CCNC(CC1CCOC1)C1CCOC1. The maximum Gasteiger partial charge on any atom is 0.0510 e. The molecule has 3 unspecified atom stereocenters. The molecule has 0 aliphatic carbocycles. The molecule has 2 aliphatic heterocycles. The highest BCUT2D eigenvalue weighted by molar-refractivity contribution is 4.82. The van der Waals surface area contributed by atoms with Crippen molar-refractivity contribution >= 4 is 0 Å². The van der Waals surface area contributed by atoms with Gasteiger partial charge in [-0.3, -0.25) is 0 Å². The van der Waals surface area contributed by atoms with Crippen molar-refractivity contribution in [3.8, 4) is 0 Å². The van der Waals surface area contributed by atoms with Gasteiger partial charge in [-0.05, 0) is 37.6 Å². The predicted molar refractivity (Wildman–Crippen MR) is 59.9 cm³/mol. The van der Waals surface area contributed by atoms with E-state index in [0.717, 1.165) is 44.8 Å². The van der Waals surface area contributed by atoms with Crippen molar-refractivity contribution in [2.75, 3.05) is 33.0 Å². The minimum atomic E-state index is 0.643. The third-order valence-electron chi connectivity index (χ3n) is 3.61. The Kier molecular flexibility index (Phi) is 4.42. The number of hydrogen-bond acceptors (Lipinski definition) is 3. The lowest BCUT2D eigenvalue weighted by molar-refractivity contribution is 0.162. The van der Waals surface area contributed by atoms with E-state index in [1.165, 1.54) is 19.3 Å². The topological polar surface area (TPSA) is 30.5 Å². The van der Waals surface area contributed by atoms with E-state index < -0.39 is 0 Å². The first-order valence-corrected chi connectivity index (χ1v) is 6.29. The molecule has 1 N–H and O–H groups in total. The summed E-state index contributed by atoms with van der Waals surface area (Å²) in [5.74, 6) is 1.50. The first kappa shape index (κ1) is 11.4. The average Bonchev–Trinajstić information content (AvgIpc) is 2.89. The second kappa shape index (κ2) is 5.83. The maximum atomic E-state index is 5.48. The molecule has 0 aromatic rings. The molecule has 2 rings (SSSR count). The van der Waals surface area contributed by atoms with Crippen LogP contribution < -0.4 is 5.32 Å². The van der Waals surface area contributed by atoms with Crippen molar-refractivity contribution in [2.45, 2.75) is 32.2 Å². The van der Waals surface area contributed by atoms with Crippen LogP contribution in [0.25, 0.3) is 0 Å². The highest BCUT2D eigenvalue weighted by Gasteiger charge is 2.28. The van der Waals surface area contributed by atoms with Crippen molar-refractivity contribution < 1.29 is 9.47 Å². The lowest BCUT2D eigenvalue weighted by atomic mass is 9.89. The van der Waals surface area contributed by atoms with Crippen LogP contribution >= 0.6 is 0 Å². The summed E-state index contributed by atoms with van der Waals surface area (Å²) in [5.41, 5.74) is 0. The molecule has 3 nitrogen and oxygen atoms in total. The normalized spacial score (nSPS) is 33.4. The summed E-state index contributed by atoms with van der Waals surface area (Å²) in [4.78, 5) is 0. The zero-order valence-electron chi connectivity index (χ0n) is 9.71. The Morgan fingerprint density at radius 2 is 2.00 bits per heavy atom. The van der Waals surface area contributed by atoms with E-state index in [-0.39, 0.29) is 0 Å². The highest BCUT2D eigenvalue weighted by atomic mass is 16.5. The summed E-state index contributed by atoms with van der Waals surface area (Å²) in [6.07, 6.45) is 3.74. The minimum absolute atomic E-state index is 0.643. The van der Waals surface area contributed by atoms with E-state index in [9.17, 15) is 0 Å². The zero-order valence-corrected chi connectivity index (χ0v) is 9.71. The van der Waals surface area contributed by atoms with E-state index in [1.54, 1.807) is 0 Å². The molecule has 0 spiro atoms. The molecule has 0 bridgehead atoms. The summed E-state index contributed by atoms with van der Waals surface area (Å²) in [6, 6.07) is 0.643. The Morgan fingerprint density at radius 1 is 1.20 bits per heavy atom. The van der Waals surface area contributed by atoms with Crippen LogP contribution in [0.2, 0.25) is 0 Å². The van der Waals surface area contributed by atoms with Crippen LogP contribution in [0.1, 0.15) is 26.2 Å². The fourth-order valence-corrected chi connectivity index (χ4v) is 2.70. The van der Waals surface area contributed by atoms with Gasteiger partial charge < -0.3 is 14.8 Å². The van der Waals surface area contributed by atoms with E-state index in [0.29, 0.717) is 6.04 Å². The first-order chi connectivity index (χ1) is 7.40. The van der Waals surface area contributed by atoms with Crippen LogP contribution in [0, 0.1) is 11.8 Å². The van der Waals surface area contributed by atoms with Crippen LogP contribution in [-0.2, 0) is 9.47 Å². The molecular formula is C12H23NO2. The minimum Gasteiger partial charge on any atom is -0.381 e. The number of hydrogen-bond donors (Lipinski definition) is 1. The van der Waals surface area contributed by atoms with E-state index in [2.05, 4.69) is 12.2 Å². The standard InChI is InChI=1S/C12H23NO2/c1-2-13-12(11-4-6-15-9-11)7-10-3-5-14-8-10/h10-13H,2-9H2,1H3. The average molecular weight is 213 g/mol. The number of ether oxygens (including phenoxy) is 2. The Labute approximate surface area is 92.5 Å². The molecule has 2 aliphatic rings. The van der Waals surface area contributed by atoms with Gasteiger partial charge in [-0.1, -0.05) is 6.92 Å². The summed E-state index contributed by atoms with van der Waals surface area (Å²) in [5, 5.41) is 3.62. The monoisotopic (exact) mass is 213 g/mol. The van der Waals surface area contributed by atoms with Crippen molar-refractivity contribution in [1.82, 2.24) is 5.32 Å². The van der Waals surface area contributed by atoms with E-state index in [4.69, 9.17) is 9.47 Å². The smallest absolute Gasteiger partial charge is 0.0510 e. The van der Waals surface area contributed by atoms with Crippen molar-refractivity contribution in [1.29, 1.82) is 0 Å². The zero-order chi connectivity index (χ0) is 10.5. The predicted octanol–water partition coefficient (Wildman–Crippen LogP) is 1.43. The number of rotatable bonds is 5. The summed E-state index contributed by atoms with van der Waals surface area (Å²) < 4.78 is 10.9. The molecule has 0 saturated carbocycles. The second-order valence-electron chi connectivity index (χ2n) is 4.75. The van der Waals surface area contributed by atoms with Gasteiger partial charge in [0.1, 0.15) is 0 Å². The molecule has 3 heteroatoms. The van der Waals surface area contributed by atoms with Crippen LogP contribution in [0.4, 0.5) is 0 Å². The van der Waals surface area contributed by atoms with Gasteiger partial charge in [-0.2, -0.15) is 0 Å². The van der Waals surface area contributed by atoms with Gasteiger partial charge in [-0.25, -0.2) is 0 Å². The third-order valence-corrected chi connectivity index (χ3v) is 3.61. The molecule has 3 atom stereocenters. The summed E-state index contributed by atoms with van der Waals surface area (Å²) in [7, 11) is 0. The molecule has 0 amide bonds. The fourth-order valence-electron chi connectivity index (χ4n) is 2.70. The van der Waals surface area contributed by atoms with Crippen molar-refractivity contribution in [3.05, 3.63) is 0 Å². The Morgan fingerprint density at radius 3 is 2.60 bits per heavy atom. The molecule has 2 fully saturated rings. The van der Waals surface area contributed by atoms with Gasteiger partial charge >= 0.3 is 0 Å². The van der Waals surface area contributed by atoms with E-state index >= 15 is 0 Å². The van der Waals surface area contributed by atoms with Gasteiger partial charge in [0.05, 0.1) is 6.61 Å². The van der Waals surface area contributed by atoms with Crippen LogP contribution in [0.15, 0.2) is 0 Å². The van der Waals surface area contributed by atoms with Crippen molar-refractivity contribution in [3.63, 3.8) is 0 Å². The Hall–Kier alpha value is -0.120. The van der Waals surface area contributed by atoms with E-state index in [1.807, 2.05) is 0 Å². The maximum absolute atomic E-state index is 5.48. The van der Waals surface area contributed by atoms with Gasteiger partial charge in [0, 0.05) is 25.9 Å². The molecule has 0 radical (unpaired) electrons. The van der Waals surface area contributed by atoms with Crippen LogP contribution in [-0.4, -0.2) is 39.0 Å². The first-order valence-electron chi connectivity index (χ1n) is 6.29. The van der Waals surface area contributed by atoms with Crippen molar-refractivity contribution in [2.24, 2.45) is 11.8 Å². The Balaban J connectivity index is 1.81. The number of nitrogens with one attached hydrogen (secondary N) is 1. The summed E-state index contributed by atoms with van der Waals surface area (Å²) in [6.45, 7) is 7.09. The molecule has 88 valence electrons. The molecule has 0 aromatic carbocycles. The Bertz CT molecular complexity index is 174. The lowest BCUT2D eigenvalue weighted by Gasteiger charge is -2.25. The molecule has 0 aromatic heterocycles. The second-order valence-corrected chi connectivity index (χ2v) is 4.75. The van der Waals surface area contributed by atoms with Gasteiger partial charge in [0.25, 0.3) is 0 Å². The van der Waals surface area contributed by atoms with Gasteiger partial charge in [0.2, 0.25) is 0 Å². The summed E-state index contributed by atoms with van der Waals surface area (Å²) >= 11 is 0. The molecule has 2 heterocycles. The van der Waals surface area contributed by atoms with Crippen LogP contribution in [0.3, 0.4) is 0 Å². The molecule has 15 heavy (non-hydrogen) atoms. The third kappa shape index (κ3) is 3.16. The molecule has 2 saturated heterocycles. The van der Waals surface area contributed by atoms with Gasteiger partial charge in [0.15, 0.2) is 0 Å². The van der Waals surface area contributed by atoms with Gasteiger partial charge in [-0.15, -0.1) is 0 Å². The lowest BCUT2D eigenvalue weighted by Crippen LogP contribution is -2.38. The largest absolute Gasteiger partial charge is 0.381 e. The quantitative estimate of drug-likeness (QED) is 0.749. The highest BCUT2D eigenvalue weighted by Crippen LogP contribution is 2.25. The van der Waals surface area contributed by atoms with Crippen LogP contribution in [0.5, 0.6) is 0 Å². The fraction of sp³-hybridized carbons (Fsp3) is 1.00. The molecular weight excluding hydrogens is 190 g/mol.